The van der Waals surface area contributed by atoms with Crippen molar-refractivity contribution in [3.63, 3.8) is 0 Å². The van der Waals surface area contributed by atoms with Crippen molar-refractivity contribution in [3.05, 3.63) is 388 Å². The summed E-state index contributed by atoms with van der Waals surface area (Å²) in [5.41, 5.74) is 23.6. The van der Waals surface area contributed by atoms with Crippen LogP contribution < -0.4 is 46.9 Å². The molecule has 14 aromatic carbocycles. The first-order valence-electron chi connectivity index (χ1n) is 37.3. The van der Waals surface area contributed by atoms with E-state index in [0.717, 1.165) is 55.6 Å². The molecule has 122 heavy (non-hydrogen) atoms. The Balaban J connectivity index is 0.000000173. The minimum Gasteiger partial charge on any atom is -0.497 e. The van der Waals surface area contributed by atoms with Crippen LogP contribution in [0.4, 0.5) is 34.1 Å². The van der Waals surface area contributed by atoms with Gasteiger partial charge in [0.25, 0.3) is 23.6 Å². The number of anilines is 6. The minimum atomic E-state index is -1.33. The highest BCUT2D eigenvalue weighted by Crippen LogP contribution is 2.35. The van der Waals surface area contributed by atoms with Gasteiger partial charge in [0, 0.05) is 45.3 Å². The molecule has 24 heteroatoms. The van der Waals surface area contributed by atoms with Crippen molar-refractivity contribution in [1.82, 2.24) is 0 Å². The first-order valence-corrected chi connectivity index (χ1v) is 37.3. The first kappa shape index (κ1) is 82.5. The highest BCUT2D eigenvalue weighted by molar-refractivity contribution is 6.16. The lowest BCUT2D eigenvalue weighted by Crippen LogP contribution is -2.17. The van der Waals surface area contributed by atoms with Crippen LogP contribution in [0, 0.1) is 18.8 Å². The molecule has 1 aliphatic rings. The van der Waals surface area contributed by atoms with E-state index in [-0.39, 0.29) is 73.1 Å². The molecule has 4 amide bonds. The number of hydrogen-bond acceptors (Lipinski definition) is 16. The van der Waals surface area contributed by atoms with Crippen molar-refractivity contribution in [2.75, 3.05) is 39.8 Å². The molecule has 0 atom stereocenters. The van der Waals surface area contributed by atoms with Gasteiger partial charge >= 0.3 is 35.8 Å². The summed E-state index contributed by atoms with van der Waals surface area (Å²) in [5, 5.41) is 50.2. The Kier molecular flexibility index (Phi) is 25.3. The van der Waals surface area contributed by atoms with Crippen LogP contribution in [-0.4, -0.2) is 87.0 Å². The number of aryl methyl sites for hydroxylation is 1. The van der Waals surface area contributed by atoms with Crippen LogP contribution in [0.15, 0.2) is 315 Å². The predicted molar refractivity (Wildman–Crippen MR) is 462 cm³/mol. The van der Waals surface area contributed by atoms with Crippen LogP contribution in [-0.2, 0) is 4.74 Å². The molecule has 24 nitrogen and oxygen atoms in total. The van der Waals surface area contributed by atoms with E-state index < -0.39 is 59.4 Å². The number of hydrogen-bond donors (Lipinski definition) is 10. The lowest BCUT2D eigenvalue weighted by atomic mass is 9.98. The van der Waals surface area contributed by atoms with Crippen LogP contribution in [0.5, 0.6) is 28.7 Å². The summed E-state index contributed by atoms with van der Waals surface area (Å²) in [7, 11) is 1.51. The van der Waals surface area contributed by atoms with Crippen LogP contribution in [0.1, 0.15) is 120 Å². The Morgan fingerprint density at radius 1 is 0.295 bits per heavy atom. The number of rotatable bonds is 21. The fourth-order valence-electron chi connectivity index (χ4n) is 12.9. The maximum atomic E-state index is 13.6. The number of esters is 2. The zero-order valence-electron chi connectivity index (χ0n) is 64.7. The van der Waals surface area contributed by atoms with Crippen molar-refractivity contribution < 1.29 is 87.3 Å². The molecule has 12 N–H and O–H groups in total. The second-order valence-corrected chi connectivity index (χ2v) is 27.3. The summed E-state index contributed by atoms with van der Waals surface area (Å²) in [4.78, 5) is 124. The van der Waals surface area contributed by atoms with Crippen molar-refractivity contribution in [1.29, 1.82) is 0 Å². The molecule has 600 valence electrons. The van der Waals surface area contributed by atoms with E-state index in [1.165, 1.54) is 79.9 Å². The quantitative estimate of drug-likeness (QED) is 0.0138. The molecule has 0 unspecified atom stereocenters. The predicted octanol–water partition coefficient (Wildman–Crippen LogP) is 19.3. The largest absolute Gasteiger partial charge is 0.497 e. The summed E-state index contributed by atoms with van der Waals surface area (Å²) in [6.45, 7) is 1.86. The summed E-state index contributed by atoms with van der Waals surface area (Å²) in [6.07, 6.45) is 0. The fourth-order valence-corrected chi connectivity index (χ4v) is 12.9. The number of nitrogens with one attached hydrogen (secondary N) is 4. The normalized spacial score (nSPS) is 10.9. The summed E-state index contributed by atoms with van der Waals surface area (Å²) in [6, 6.07) is 88.5. The number of fused-ring (bicyclic) bond motifs is 1. The smallest absolute Gasteiger partial charge is 0.346 e. The lowest BCUT2D eigenvalue weighted by Gasteiger charge is -2.14. The zero-order chi connectivity index (χ0) is 86.1. The van der Waals surface area contributed by atoms with E-state index in [2.05, 4.69) is 37.8 Å². The van der Waals surface area contributed by atoms with Gasteiger partial charge in [-0.25, -0.2) is 28.8 Å². The number of cyclic esters (lactones) is 2. The maximum absolute atomic E-state index is 13.6. The van der Waals surface area contributed by atoms with E-state index >= 15 is 0 Å². The average molecular weight is 1620 g/mol. The Morgan fingerprint density at radius 3 is 1.00 bits per heavy atom. The number of ether oxygens (including phenoxy) is 4. The van der Waals surface area contributed by atoms with Gasteiger partial charge in [-0.3, -0.25) is 19.2 Å². The van der Waals surface area contributed by atoms with Crippen LogP contribution in [0.3, 0.4) is 0 Å². The van der Waals surface area contributed by atoms with Crippen molar-refractivity contribution >= 4 is 93.6 Å². The summed E-state index contributed by atoms with van der Waals surface area (Å²) in [5.74, 6) is -2.38. The Bertz CT molecular complexity index is 6570. The molecule has 0 aromatic heterocycles. The third-order valence-electron chi connectivity index (χ3n) is 18.8. The van der Waals surface area contributed by atoms with Gasteiger partial charge in [-0.15, -0.1) is 0 Å². The molecule has 0 saturated heterocycles. The van der Waals surface area contributed by atoms with Crippen molar-refractivity contribution in [2.45, 2.75) is 6.92 Å². The van der Waals surface area contributed by atoms with Gasteiger partial charge in [0.1, 0.15) is 28.7 Å². The average Bonchev–Trinajstić information content (AvgIpc) is 1.53. The number of nitrogens with two attached hydrogens (primary N) is 2. The van der Waals surface area contributed by atoms with Gasteiger partial charge in [0.05, 0.1) is 62.7 Å². The second-order valence-electron chi connectivity index (χ2n) is 27.3. The fraction of sp³-hybridized carbons (Fsp3) is 0.0204. The SMILES string of the molecule is COc1ccc(NC(=O)c2cc(Oc3ccc(C(=O)O)c(C(=O)Nc4cccc(-c5cccc(-c6cccc(N)c6)c5)c4)c3)ccc2C(=O)O)cc1.Cc1cccc(NC(=O)c2cc(Oc3ccc(C(=O)O)c(C(=O)Nc4cccc(-c5cccc(-c6cccc(N)c6)c5)c4)c3)ccc2C(=O)O)c1.O=C1OC(=O)c2cc(C#Cc3ccccc3)ccc21. The number of carboxylic acid groups (broad SMARTS) is 4. The number of carbonyl (C=O) groups excluding carboxylic acids is 6. The van der Waals surface area contributed by atoms with Crippen LogP contribution in [0.25, 0.3) is 44.5 Å². The molecule has 0 aliphatic carbocycles. The van der Waals surface area contributed by atoms with Crippen LogP contribution in [0.2, 0.25) is 0 Å². The maximum Gasteiger partial charge on any atom is 0.346 e. The number of amides is 4. The number of nitrogen functional groups attached to an aromatic ring is 2. The molecular formula is C98H70N6O18. The molecule has 0 bridgehead atoms. The summed E-state index contributed by atoms with van der Waals surface area (Å²) >= 11 is 0. The molecule has 0 radical (unpaired) electrons. The highest BCUT2D eigenvalue weighted by atomic mass is 16.6. The van der Waals surface area contributed by atoms with E-state index in [9.17, 15) is 68.4 Å². The van der Waals surface area contributed by atoms with E-state index in [4.69, 9.17) is 25.7 Å². The third-order valence-corrected chi connectivity index (χ3v) is 18.8. The molecule has 1 heterocycles. The first-order chi connectivity index (χ1) is 58.8. The highest BCUT2D eigenvalue weighted by Gasteiger charge is 2.30. The van der Waals surface area contributed by atoms with Gasteiger partial charge in [-0.2, -0.15) is 0 Å². The Hall–Kier alpha value is -17.5. The van der Waals surface area contributed by atoms with Gasteiger partial charge < -0.3 is 72.1 Å². The molecule has 14 aromatic rings. The molecule has 0 saturated carbocycles. The topological polar surface area (TPSA) is 389 Å². The van der Waals surface area contributed by atoms with Gasteiger partial charge in [0.2, 0.25) is 0 Å². The number of methoxy groups -OCH3 is 1. The van der Waals surface area contributed by atoms with E-state index in [1.54, 1.807) is 97.1 Å². The zero-order valence-corrected chi connectivity index (χ0v) is 64.7. The van der Waals surface area contributed by atoms with E-state index in [0.29, 0.717) is 51.0 Å². The minimum absolute atomic E-state index is 0.0758. The summed E-state index contributed by atoms with van der Waals surface area (Å²) < 4.78 is 21.5. The number of carbonyl (C=O) groups is 10. The number of benzene rings is 14. The van der Waals surface area contributed by atoms with Gasteiger partial charge in [-0.05, 0) is 257 Å². The molecular weight excluding hydrogens is 1550 g/mol. The molecule has 1 aliphatic heterocycles. The monoisotopic (exact) mass is 1620 g/mol. The van der Waals surface area contributed by atoms with Crippen molar-refractivity contribution in [2.24, 2.45) is 0 Å². The standard InChI is InChI=1S/C41H31N3O8.C41H31N3O7.C16H8O3/c1-51-31-13-11-29(12-14-31)43-38(45)36-22-32(15-17-34(36)40(47)48)52-33-16-18-35(41(49)50)37(23-33)39(46)44-30-10-4-8-27(21-30)25-6-2-5-24(19-25)26-7-3-9-28(42)20-26;1-24-6-2-12-30(18-24)43-38(45)36-22-32(14-16-34(36)40(47)48)51-33-15-17-35(41(49)50)37(23-33)39(46)44-31-13-5-10-28(21-31)26-8-3-7-25(19-26)27-9-4-11-29(42)20-27;17-15-13-9-8-12(10-14(13)16(18)19-15)7-6-11-4-2-1-3-5-11/h2-23H,42H2,1H3,(H,43,45)(H,44,46)(H,47,48)(H,49,50);2-23H,42H2,1H3,(H,43,45)(H,44,46)(H,47,48)(H,49,50);1-5,8-10H. The third kappa shape index (κ3) is 20.6. The van der Waals surface area contributed by atoms with Gasteiger partial charge in [-0.1, -0.05) is 127 Å². The van der Waals surface area contributed by atoms with Crippen LogP contribution >= 0.6 is 0 Å². The lowest BCUT2D eigenvalue weighted by molar-refractivity contribution is 0.0440. The Morgan fingerprint density at radius 2 is 0.623 bits per heavy atom. The molecule has 15 rings (SSSR count). The molecule has 0 fully saturated rings. The van der Waals surface area contributed by atoms with Crippen molar-refractivity contribution in [3.8, 4) is 85.1 Å². The molecule has 0 spiro atoms. The second kappa shape index (κ2) is 37.4. The number of carboxylic acids is 4. The van der Waals surface area contributed by atoms with E-state index in [1.807, 2.05) is 153 Å². The Labute approximate surface area is 696 Å². The number of aromatic carboxylic acids is 4. The van der Waals surface area contributed by atoms with Gasteiger partial charge in [0.15, 0.2) is 0 Å².